The molecule has 7 nitrogen and oxygen atoms in total. The van der Waals surface area contributed by atoms with Gasteiger partial charge in [-0.05, 0) is 31.2 Å². The van der Waals surface area contributed by atoms with E-state index in [1.807, 2.05) is 30.5 Å². The van der Waals surface area contributed by atoms with Crippen LogP contribution in [0, 0.1) is 6.92 Å². The van der Waals surface area contributed by atoms with Crippen LogP contribution in [0.15, 0.2) is 63.5 Å². The fourth-order valence-electron chi connectivity index (χ4n) is 3.09. The number of carbonyl (C=O) groups excluding carboxylic acids is 1. The third kappa shape index (κ3) is 4.02. The van der Waals surface area contributed by atoms with Gasteiger partial charge in [0.15, 0.2) is 0 Å². The molecule has 0 radical (unpaired) electrons. The molecule has 4 rings (SSSR count). The zero-order valence-electron chi connectivity index (χ0n) is 15.6. The Bertz CT molecular complexity index is 1320. The van der Waals surface area contributed by atoms with E-state index < -0.39 is 0 Å². The van der Waals surface area contributed by atoms with Crippen LogP contribution in [0.25, 0.3) is 22.0 Å². The van der Waals surface area contributed by atoms with E-state index in [9.17, 15) is 14.4 Å². The SMILES string of the molecule is Cc1nc(-c2cccc(NC(=O)CCn3[nH]c(=O)c4ccccc4c3=O)c2)cs1. The molecule has 0 aliphatic rings. The van der Waals surface area contributed by atoms with Crippen LogP contribution in [0.3, 0.4) is 0 Å². The number of anilines is 1. The summed E-state index contributed by atoms with van der Waals surface area (Å²) in [6.45, 7) is 2.02. The van der Waals surface area contributed by atoms with Crippen LogP contribution in [0.2, 0.25) is 0 Å². The number of nitrogens with one attached hydrogen (secondary N) is 2. The quantitative estimate of drug-likeness (QED) is 0.532. The van der Waals surface area contributed by atoms with E-state index in [0.717, 1.165) is 16.3 Å². The Kier molecular flexibility index (Phi) is 5.09. The number of aromatic nitrogens is 3. The van der Waals surface area contributed by atoms with Crippen molar-refractivity contribution in [3.05, 3.63) is 79.6 Å². The zero-order chi connectivity index (χ0) is 20.4. The summed E-state index contributed by atoms with van der Waals surface area (Å²) in [4.78, 5) is 41.5. The molecule has 146 valence electrons. The molecule has 4 aromatic rings. The highest BCUT2D eigenvalue weighted by atomic mass is 32.1. The average Bonchev–Trinajstić information content (AvgIpc) is 3.16. The van der Waals surface area contributed by atoms with Crippen molar-refractivity contribution >= 4 is 33.7 Å². The largest absolute Gasteiger partial charge is 0.326 e. The maximum atomic E-state index is 12.5. The van der Waals surface area contributed by atoms with E-state index in [1.165, 1.54) is 4.68 Å². The minimum atomic E-state index is -0.355. The van der Waals surface area contributed by atoms with E-state index in [1.54, 1.807) is 41.7 Å². The molecule has 0 saturated carbocycles. The van der Waals surface area contributed by atoms with Gasteiger partial charge in [0.1, 0.15) is 0 Å². The number of H-pyrrole nitrogens is 1. The number of nitrogens with zero attached hydrogens (tertiary/aromatic N) is 2. The maximum Gasteiger partial charge on any atom is 0.273 e. The number of fused-ring (bicyclic) bond motifs is 1. The van der Waals surface area contributed by atoms with Crippen LogP contribution in [0.5, 0.6) is 0 Å². The highest BCUT2D eigenvalue weighted by molar-refractivity contribution is 7.09. The lowest BCUT2D eigenvalue weighted by atomic mass is 10.1. The van der Waals surface area contributed by atoms with Crippen molar-refractivity contribution in [1.29, 1.82) is 0 Å². The Labute approximate surface area is 169 Å². The van der Waals surface area contributed by atoms with Gasteiger partial charge >= 0.3 is 0 Å². The van der Waals surface area contributed by atoms with Gasteiger partial charge in [-0.25, -0.2) is 9.67 Å². The lowest BCUT2D eigenvalue weighted by molar-refractivity contribution is -0.116. The minimum absolute atomic E-state index is 0.0498. The Balaban J connectivity index is 1.47. The van der Waals surface area contributed by atoms with Gasteiger partial charge in [-0.3, -0.25) is 19.5 Å². The van der Waals surface area contributed by atoms with Crippen molar-refractivity contribution in [1.82, 2.24) is 14.8 Å². The average molecular weight is 406 g/mol. The smallest absolute Gasteiger partial charge is 0.273 e. The van der Waals surface area contributed by atoms with Gasteiger partial charge in [0.05, 0.1) is 28.0 Å². The molecule has 8 heteroatoms. The Morgan fingerprint density at radius 2 is 1.93 bits per heavy atom. The summed E-state index contributed by atoms with van der Waals surface area (Å²) < 4.78 is 1.18. The van der Waals surface area contributed by atoms with Crippen LogP contribution < -0.4 is 16.4 Å². The summed E-state index contributed by atoms with van der Waals surface area (Å²) in [7, 11) is 0. The Morgan fingerprint density at radius 3 is 2.69 bits per heavy atom. The third-order valence-corrected chi connectivity index (χ3v) is 5.28. The molecule has 0 aliphatic heterocycles. The second-order valence-electron chi connectivity index (χ2n) is 6.57. The van der Waals surface area contributed by atoms with Gasteiger partial charge in [-0.1, -0.05) is 24.3 Å². The molecule has 29 heavy (non-hydrogen) atoms. The van der Waals surface area contributed by atoms with Crippen LogP contribution >= 0.6 is 11.3 Å². The maximum absolute atomic E-state index is 12.5. The summed E-state index contributed by atoms with van der Waals surface area (Å²) in [5.74, 6) is -0.252. The molecule has 0 fully saturated rings. The molecular formula is C21H18N4O3S. The van der Waals surface area contributed by atoms with Crippen molar-refractivity contribution < 1.29 is 4.79 Å². The lowest BCUT2D eigenvalue weighted by Gasteiger charge is -2.09. The summed E-state index contributed by atoms with van der Waals surface area (Å²) >= 11 is 1.57. The Morgan fingerprint density at radius 1 is 1.14 bits per heavy atom. The van der Waals surface area contributed by atoms with Gasteiger partial charge in [-0.15, -0.1) is 11.3 Å². The van der Waals surface area contributed by atoms with Crippen molar-refractivity contribution in [3.8, 4) is 11.3 Å². The molecule has 2 aromatic carbocycles. The van der Waals surface area contributed by atoms with Crippen molar-refractivity contribution in [2.24, 2.45) is 0 Å². The Hall–Kier alpha value is -3.52. The molecule has 1 amide bonds. The van der Waals surface area contributed by atoms with E-state index in [4.69, 9.17) is 0 Å². The van der Waals surface area contributed by atoms with E-state index in [-0.39, 0.29) is 30.0 Å². The molecule has 0 bridgehead atoms. The summed E-state index contributed by atoms with van der Waals surface area (Å²) in [5.41, 5.74) is 1.75. The molecule has 2 N–H and O–H groups in total. The molecule has 2 aromatic heterocycles. The summed E-state index contributed by atoms with van der Waals surface area (Å²) in [6, 6.07) is 14.1. The number of thiazole rings is 1. The van der Waals surface area contributed by atoms with Crippen LogP contribution in [-0.4, -0.2) is 20.7 Å². The van der Waals surface area contributed by atoms with Gasteiger partial charge in [-0.2, -0.15) is 0 Å². The zero-order valence-corrected chi connectivity index (χ0v) is 16.5. The van der Waals surface area contributed by atoms with Crippen molar-refractivity contribution in [2.75, 3.05) is 5.32 Å². The predicted octanol–water partition coefficient (Wildman–Crippen LogP) is 3.15. The molecule has 0 unspecified atom stereocenters. The first kappa shape index (κ1) is 18.8. The first-order valence-electron chi connectivity index (χ1n) is 9.05. The van der Waals surface area contributed by atoms with Gasteiger partial charge < -0.3 is 5.32 Å². The van der Waals surface area contributed by atoms with Crippen LogP contribution in [-0.2, 0) is 11.3 Å². The number of amides is 1. The number of rotatable bonds is 5. The van der Waals surface area contributed by atoms with Crippen LogP contribution in [0.1, 0.15) is 11.4 Å². The fourth-order valence-corrected chi connectivity index (χ4v) is 3.72. The second kappa shape index (κ2) is 7.84. The highest BCUT2D eigenvalue weighted by Crippen LogP contribution is 2.24. The highest BCUT2D eigenvalue weighted by Gasteiger charge is 2.10. The molecular weight excluding hydrogens is 388 g/mol. The molecule has 0 spiro atoms. The molecule has 0 aliphatic carbocycles. The second-order valence-corrected chi connectivity index (χ2v) is 7.64. The first-order valence-corrected chi connectivity index (χ1v) is 9.93. The number of hydrogen-bond acceptors (Lipinski definition) is 5. The number of hydrogen-bond donors (Lipinski definition) is 2. The van der Waals surface area contributed by atoms with E-state index in [2.05, 4.69) is 15.4 Å². The monoisotopic (exact) mass is 406 g/mol. The predicted molar refractivity (Wildman–Crippen MR) is 114 cm³/mol. The van der Waals surface area contributed by atoms with Crippen molar-refractivity contribution in [2.45, 2.75) is 19.9 Å². The number of aryl methyl sites for hydroxylation is 2. The van der Waals surface area contributed by atoms with Crippen LogP contribution in [0.4, 0.5) is 5.69 Å². The van der Waals surface area contributed by atoms with E-state index in [0.29, 0.717) is 16.5 Å². The topological polar surface area (TPSA) is 96.8 Å². The summed E-state index contributed by atoms with van der Waals surface area (Å²) in [5, 5.41) is 8.99. The molecule has 0 saturated heterocycles. The summed E-state index contributed by atoms with van der Waals surface area (Å²) in [6.07, 6.45) is 0.0498. The number of benzene rings is 2. The fraction of sp³-hybridized carbons (Fsp3) is 0.143. The first-order chi connectivity index (χ1) is 14.0. The van der Waals surface area contributed by atoms with Gasteiger partial charge in [0, 0.05) is 23.1 Å². The number of aromatic amines is 1. The minimum Gasteiger partial charge on any atom is -0.326 e. The standard InChI is InChI=1S/C21H18N4O3S/c1-13-22-18(12-29-13)14-5-4-6-15(11-14)23-19(26)9-10-25-21(28)17-8-3-2-7-16(17)20(27)24-25/h2-8,11-12H,9-10H2,1H3,(H,23,26)(H,24,27). The van der Waals surface area contributed by atoms with Crippen molar-refractivity contribution in [3.63, 3.8) is 0 Å². The van der Waals surface area contributed by atoms with Gasteiger partial charge in [0.2, 0.25) is 5.91 Å². The molecule has 0 atom stereocenters. The third-order valence-electron chi connectivity index (χ3n) is 4.51. The van der Waals surface area contributed by atoms with E-state index >= 15 is 0 Å². The lowest BCUT2D eigenvalue weighted by Crippen LogP contribution is -2.31. The normalized spacial score (nSPS) is 10.9. The number of carbonyl (C=O) groups is 1. The molecule has 2 heterocycles. The van der Waals surface area contributed by atoms with Gasteiger partial charge in [0.25, 0.3) is 11.1 Å².